The average Bonchev–Trinajstić information content (AvgIpc) is 3.43. The molecule has 0 atom stereocenters. The van der Waals surface area contributed by atoms with E-state index in [0.29, 0.717) is 0 Å². The molecule has 0 fully saturated rings. The van der Waals surface area contributed by atoms with Gasteiger partial charge in [-0.15, -0.1) is 0 Å². The first-order chi connectivity index (χ1) is 17.4. The van der Waals surface area contributed by atoms with Gasteiger partial charge >= 0.3 is 23.3 Å². The molecule has 0 aliphatic rings. The van der Waals surface area contributed by atoms with E-state index in [2.05, 4.69) is 0 Å². The number of phenolic OH excluding ortho intramolecular Hbond substituents is 3. The van der Waals surface area contributed by atoms with Crippen LogP contribution in [0, 0.1) is 20.2 Å². The van der Waals surface area contributed by atoms with Gasteiger partial charge in [0, 0.05) is 10.8 Å². The van der Waals surface area contributed by atoms with Gasteiger partial charge in [-0.05, 0) is 31.2 Å². The number of aromatic carboxylic acids is 1. The summed E-state index contributed by atoms with van der Waals surface area (Å²) in [6.07, 6.45) is 0. The maximum absolute atomic E-state index is 11.6. The molecule has 0 saturated heterocycles. The number of esters is 1. The number of nitro groups is 2. The van der Waals surface area contributed by atoms with E-state index < -0.39 is 61.8 Å². The van der Waals surface area contributed by atoms with Crippen LogP contribution in [0.1, 0.15) is 28.0 Å². The lowest BCUT2D eigenvalue weighted by molar-refractivity contribution is -0.384. The standard InChI is InChI=1S/C12H11NO7.C9H5NO7/c1-3-19-12(15)8-5-6-4-7(18-2)10(14)9(13(16)17)11(6)20-8;11-4-1-3-2-5(9(13)14)17-8(3)6(7(4)12)10(15)16/h4-5,14H,3H2,1-2H3;1-2,11-12H,(H,13,14). The number of nitrogens with zero attached hydrogens (tertiary/aromatic N) is 2. The molecule has 4 aromatic rings. The number of hydrogen-bond donors (Lipinski definition) is 4. The van der Waals surface area contributed by atoms with Crippen molar-refractivity contribution in [2.75, 3.05) is 13.7 Å². The van der Waals surface area contributed by atoms with Gasteiger partial charge in [-0.1, -0.05) is 0 Å². The predicted molar refractivity (Wildman–Crippen MR) is 120 cm³/mol. The maximum Gasteiger partial charge on any atom is 0.374 e. The Bertz CT molecular complexity index is 1570. The number of methoxy groups -OCH3 is 1. The van der Waals surface area contributed by atoms with E-state index in [9.17, 15) is 45.1 Å². The number of carbonyl (C=O) groups is 2. The summed E-state index contributed by atoms with van der Waals surface area (Å²) in [5.74, 6) is -5.28. The Morgan fingerprint density at radius 1 is 0.892 bits per heavy atom. The maximum atomic E-state index is 11.6. The molecular weight excluding hydrogens is 504 g/mol. The number of ether oxygens (including phenoxy) is 2. The Balaban J connectivity index is 0.000000208. The van der Waals surface area contributed by atoms with Crippen LogP contribution < -0.4 is 4.74 Å². The van der Waals surface area contributed by atoms with Crippen LogP contribution >= 0.6 is 0 Å². The Morgan fingerprint density at radius 3 is 1.92 bits per heavy atom. The minimum Gasteiger partial charge on any atom is -0.504 e. The fraction of sp³-hybridized carbons (Fsp3) is 0.143. The van der Waals surface area contributed by atoms with E-state index in [-0.39, 0.29) is 34.5 Å². The molecule has 2 heterocycles. The normalized spacial score (nSPS) is 10.5. The molecule has 194 valence electrons. The summed E-state index contributed by atoms with van der Waals surface area (Å²) in [6.45, 7) is 1.77. The monoisotopic (exact) mass is 520 g/mol. The summed E-state index contributed by atoms with van der Waals surface area (Å²) in [7, 11) is 1.26. The smallest absolute Gasteiger partial charge is 0.374 e. The minimum atomic E-state index is -1.41. The number of aromatic hydroxyl groups is 3. The Kier molecular flexibility index (Phi) is 7.03. The molecule has 0 aliphatic carbocycles. The molecule has 0 unspecified atom stereocenters. The first-order valence-corrected chi connectivity index (χ1v) is 9.92. The fourth-order valence-electron chi connectivity index (χ4n) is 3.18. The summed E-state index contributed by atoms with van der Waals surface area (Å²) in [4.78, 5) is 42.1. The number of carboxylic acids is 1. The van der Waals surface area contributed by atoms with E-state index in [1.165, 1.54) is 19.2 Å². The highest BCUT2D eigenvalue weighted by atomic mass is 16.6. The van der Waals surface area contributed by atoms with E-state index >= 15 is 0 Å². The molecule has 16 nitrogen and oxygen atoms in total. The van der Waals surface area contributed by atoms with Crippen LogP contribution in [-0.4, -0.2) is 55.9 Å². The number of furan rings is 2. The molecule has 2 aromatic carbocycles. The zero-order valence-electron chi connectivity index (χ0n) is 18.8. The van der Waals surface area contributed by atoms with Crippen molar-refractivity contribution < 1.29 is 58.2 Å². The average molecular weight is 520 g/mol. The molecule has 0 amide bonds. The number of carbonyl (C=O) groups excluding carboxylic acids is 1. The van der Waals surface area contributed by atoms with Crippen molar-refractivity contribution in [3.63, 3.8) is 0 Å². The van der Waals surface area contributed by atoms with Gasteiger partial charge in [-0.25, -0.2) is 9.59 Å². The summed E-state index contributed by atoms with van der Waals surface area (Å²) in [5.41, 5.74) is -2.14. The third kappa shape index (κ3) is 4.83. The number of rotatable bonds is 6. The van der Waals surface area contributed by atoms with Gasteiger partial charge < -0.3 is 38.7 Å². The Hall–Kier alpha value is -5.54. The van der Waals surface area contributed by atoms with Crippen LogP contribution in [0.25, 0.3) is 21.9 Å². The number of benzene rings is 2. The van der Waals surface area contributed by atoms with Gasteiger partial charge in [0.15, 0.2) is 11.5 Å². The van der Waals surface area contributed by atoms with Crippen molar-refractivity contribution in [2.24, 2.45) is 0 Å². The SMILES string of the molecule is CCOC(=O)c1cc2cc(OC)c(O)c([N+](=O)[O-])c2o1.O=C(O)c1cc2cc(O)c(O)c([N+](=O)[O-])c2o1. The second-order valence-electron chi connectivity index (χ2n) is 6.97. The van der Waals surface area contributed by atoms with Gasteiger partial charge in [0.1, 0.15) is 0 Å². The lowest BCUT2D eigenvalue weighted by Gasteiger charge is -2.03. The Labute approximate surface area is 203 Å². The predicted octanol–water partition coefficient (Wildman–Crippen LogP) is 3.68. The number of hydrogen-bond acceptors (Lipinski definition) is 13. The van der Waals surface area contributed by atoms with Crippen molar-refractivity contribution in [3.05, 3.63) is 56.0 Å². The highest BCUT2D eigenvalue weighted by Crippen LogP contribution is 2.44. The number of phenols is 3. The second kappa shape index (κ2) is 9.98. The van der Waals surface area contributed by atoms with Crippen LogP contribution in [0.2, 0.25) is 0 Å². The molecule has 2 aromatic heterocycles. The van der Waals surface area contributed by atoms with Crippen LogP contribution in [-0.2, 0) is 4.74 Å². The molecule has 0 saturated carbocycles. The summed E-state index contributed by atoms with van der Waals surface area (Å²) in [5, 5.41) is 59.0. The minimum absolute atomic E-state index is 0.0180. The quantitative estimate of drug-likeness (QED) is 0.123. The largest absolute Gasteiger partial charge is 0.504 e. The summed E-state index contributed by atoms with van der Waals surface area (Å²) < 4.78 is 19.5. The zero-order chi connectivity index (χ0) is 27.6. The summed E-state index contributed by atoms with van der Waals surface area (Å²) >= 11 is 0. The molecule has 16 heteroatoms. The van der Waals surface area contributed by atoms with Gasteiger partial charge in [0.25, 0.3) is 0 Å². The molecule has 0 spiro atoms. The summed E-state index contributed by atoms with van der Waals surface area (Å²) in [6, 6.07) is 4.63. The fourth-order valence-corrected chi connectivity index (χ4v) is 3.18. The highest BCUT2D eigenvalue weighted by Gasteiger charge is 2.29. The molecular formula is C21H16N2O14. The second-order valence-corrected chi connectivity index (χ2v) is 6.97. The van der Waals surface area contributed by atoms with Gasteiger partial charge in [-0.2, -0.15) is 0 Å². The molecule has 4 rings (SSSR count). The zero-order valence-corrected chi connectivity index (χ0v) is 18.8. The van der Waals surface area contributed by atoms with Crippen molar-refractivity contribution in [1.82, 2.24) is 0 Å². The lowest BCUT2D eigenvalue weighted by Crippen LogP contribution is -2.02. The van der Waals surface area contributed by atoms with E-state index in [0.717, 1.165) is 12.1 Å². The topological polar surface area (TPSA) is 246 Å². The third-order valence-corrected chi connectivity index (χ3v) is 4.73. The van der Waals surface area contributed by atoms with Gasteiger partial charge in [0.05, 0.1) is 23.6 Å². The number of carboxylic acid groups (broad SMARTS) is 1. The van der Waals surface area contributed by atoms with Crippen molar-refractivity contribution in [3.8, 4) is 23.0 Å². The molecule has 0 bridgehead atoms. The van der Waals surface area contributed by atoms with Crippen LogP contribution in [0.4, 0.5) is 11.4 Å². The first-order valence-electron chi connectivity index (χ1n) is 9.92. The van der Waals surface area contributed by atoms with Gasteiger partial charge in [0.2, 0.25) is 34.2 Å². The van der Waals surface area contributed by atoms with E-state index in [4.69, 9.17) is 23.4 Å². The van der Waals surface area contributed by atoms with Crippen molar-refractivity contribution in [1.29, 1.82) is 0 Å². The van der Waals surface area contributed by atoms with Crippen molar-refractivity contribution >= 4 is 45.3 Å². The van der Waals surface area contributed by atoms with E-state index in [1.54, 1.807) is 6.92 Å². The molecule has 0 aliphatic heterocycles. The van der Waals surface area contributed by atoms with Crippen LogP contribution in [0.5, 0.6) is 23.0 Å². The van der Waals surface area contributed by atoms with Crippen LogP contribution in [0.3, 0.4) is 0 Å². The van der Waals surface area contributed by atoms with Crippen LogP contribution in [0.15, 0.2) is 33.1 Å². The first kappa shape index (κ1) is 26.1. The third-order valence-electron chi connectivity index (χ3n) is 4.73. The van der Waals surface area contributed by atoms with E-state index in [1.807, 2.05) is 0 Å². The lowest BCUT2D eigenvalue weighted by atomic mass is 10.2. The van der Waals surface area contributed by atoms with Gasteiger partial charge in [-0.3, -0.25) is 20.2 Å². The molecule has 37 heavy (non-hydrogen) atoms. The number of nitro benzene ring substituents is 2. The van der Waals surface area contributed by atoms with Crippen molar-refractivity contribution in [2.45, 2.75) is 6.92 Å². The Morgan fingerprint density at radius 2 is 1.41 bits per heavy atom. The molecule has 0 radical (unpaired) electrons. The highest BCUT2D eigenvalue weighted by molar-refractivity contribution is 5.98. The number of fused-ring (bicyclic) bond motifs is 2. The molecule has 4 N–H and O–H groups in total.